The van der Waals surface area contributed by atoms with Crippen molar-refractivity contribution >= 4 is 0 Å². The molecule has 2 aliphatic rings. The van der Waals surface area contributed by atoms with Gasteiger partial charge in [0.25, 0.3) is 0 Å². The summed E-state index contributed by atoms with van der Waals surface area (Å²) in [6.07, 6.45) is 11.2. The van der Waals surface area contributed by atoms with Gasteiger partial charge in [-0.25, -0.2) is 0 Å². The van der Waals surface area contributed by atoms with Gasteiger partial charge in [0.15, 0.2) is 0 Å². The normalized spacial score (nSPS) is 34.2. The summed E-state index contributed by atoms with van der Waals surface area (Å²) in [5.74, 6) is 2.87. The molecule has 0 spiro atoms. The van der Waals surface area contributed by atoms with Crippen molar-refractivity contribution in [1.29, 1.82) is 0 Å². The van der Waals surface area contributed by atoms with Crippen molar-refractivity contribution in [2.45, 2.75) is 52.4 Å². The van der Waals surface area contributed by atoms with E-state index in [1.165, 1.54) is 38.5 Å². The number of hydrogen-bond donors (Lipinski definition) is 0. The average Bonchev–Trinajstić information content (AvgIpc) is 2.17. The molecule has 0 nitrogen and oxygen atoms in total. The molecule has 0 aliphatic heterocycles. The molecule has 13 heavy (non-hydrogen) atoms. The predicted molar refractivity (Wildman–Crippen MR) is 57.6 cm³/mol. The van der Waals surface area contributed by atoms with Crippen LogP contribution in [0.25, 0.3) is 0 Å². The minimum Gasteiger partial charge on any atom is -0.0850 e. The molecule has 74 valence electrons. The zero-order valence-corrected chi connectivity index (χ0v) is 9.05. The van der Waals surface area contributed by atoms with Gasteiger partial charge in [-0.3, -0.25) is 0 Å². The molecule has 1 fully saturated rings. The Labute approximate surface area is 82.4 Å². The van der Waals surface area contributed by atoms with Crippen LogP contribution in [0.15, 0.2) is 11.6 Å². The minimum atomic E-state index is 0.895. The third-order valence-corrected chi connectivity index (χ3v) is 3.99. The van der Waals surface area contributed by atoms with Crippen LogP contribution in [0.5, 0.6) is 0 Å². The molecule has 2 rings (SSSR count). The van der Waals surface area contributed by atoms with Crippen molar-refractivity contribution in [2.24, 2.45) is 17.8 Å². The van der Waals surface area contributed by atoms with Crippen LogP contribution in [-0.2, 0) is 0 Å². The summed E-state index contributed by atoms with van der Waals surface area (Å²) in [5, 5.41) is 0. The zero-order valence-electron chi connectivity index (χ0n) is 9.05. The van der Waals surface area contributed by atoms with Gasteiger partial charge in [0, 0.05) is 0 Å². The molecule has 0 aromatic heterocycles. The Morgan fingerprint density at radius 2 is 2.08 bits per heavy atom. The molecule has 0 heterocycles. The van der Waals surface area contributed by atoms with E-state index in [0.717, 1.165) is 17.8 Å². The summed E-state index contributed by atoms with van der Waals surface area (Å²) in [7, 11) is 0. The van der Waals surface area contributed by atoms with Crippen LogP contribution in [-0.4, -0.2) is 0 Å². The average molecular weight is 178 g/mol. The van der Waals surface area contributed by atoms with Gasteiger partial charge >= 0.3 is 0 Å². The summed E-state index contributed by atoms with van der Waals surface area (Å²) in [6, 6.07) is 0. The Balaban J connectivity index is 2.12. The number of fused-ring (bicyclic) bond motifs is 1. The van der Waals surface area contributed by atoms with Gasteiger partial charge in [0.05, 0.1) is 0 Å². The molecule has 0 saturated heterocycles. The van der Waals surface area contributed by atoms with Gasteiger partial charge in [-0.2, -0.15) is 0 Å². The van der Waals surface area contributed by atoms with Crippen LogP contribution in [0.4, 0.5) is 0 Å². The van der Waals surface area contributed by atoms with Gasteiger partial charge in [-0.15, -0.1) is 0 Å². The molecule has 2 atom stereocenters. The van der Waals surface area contributed by atoms with E-state index in [1.54, 1.807) is 0 Å². The summed E-state index contributed by atoms with van der Waals surface area (Å²) in [5.41, 5.74) is 1.82. The molecule has 0 amide bonds. The lowest BCUT2D eigenvalue weighted by molar-refractivity contribution is 0.221. The molecule has 0 radical (unpaired) electrons. The Morgan fingerprint density at radius 3 is 2.85 bits per heavy atom. The second-order valence-electron chi connectivity index (χ2n) is 5.12. The second-order valence-corrected chi connectivity index (χ2v) is 5.12. The van der Waals surface area contributed by atoms with Gasteiger partial charge < -0.3 is 0 Å². The van der Waals surface area contributed by atoms with Crippen molar-refractivity contribution in [3.8, 4) is 0 Å². The van der Waals surface area contributed by atoms with E-state index in [0.29, 0.717) is 0 Å². The molecule has 0 aromatic carbocycles. The fourth-order valence-corrected chi connectivity index (χ4v) is 3.27. The second kappa shape index (κ2) is 3.86. The number of allylic oxidation sites excluding steroid dienone is 2. The van der Waals surface area contributed by atoms with E-state index in [1.807, 2.05) is 5.57 Å². The zero-order chi connectivity index (χ0) is 9.26. The van der Waals surface area contributed by atoms with E-state index in [-0.39, 0.29) is 0 Å². The first kappa shape index (κ1) is 9.30. The maximum Gasteiger partial charge on any atom is -0.0172 e. The smallest absolute Gasteiger partial charge is 0.0172 e. The van der Waals surface area contributed by atoms with E-state index in [9.17, 15) is 0 Å². The molecule has 0 aromatic rings. The molecule has 1 saturated carbocycles. The highest BCUT2D eigenvalue weighted by molar-refractivity contribution is 5.14. The van der Waals surface area contributed by atoms with Crippen molar-refractivity contribution < 1.29 is 0 Å². The topological polar surface area (TPSA) is 0 Å². The predicted octanol–water partition coefficient (Wildman–Crippen LogP) is 4.17. The Hall–Kier alpha value is -0.260. The number of rotatable bonds is 1. The first-order chi connectivity index (χ1) is 6.29. The molecular formula is C13H22. The first-order valence-electron chi connectivity index (χ1n) is 5.98. The van der Waals surface area contributed by atoms with Crippen molar-refractivity contribution in [2.75, 3.05) is 0 Å². The van der Waals surface area contributed by atoms with Gasteiger partial charge in [0.2, 0.25) is 0 Å². The molecule has 0 bridgehead atoms. The Bertz CT molecular complexity index is 200. The third kappa shape index (κ3) is 1.82. The van der Waals surface area contributed by atoms with Crippen LogP contribution < -0.4 is 0 Å². The largest absolute Gasteiger partial charge is 0.0850 e. The fourth-order valence-electron chi connectivity index (χ4n) is 3.27. The summed E-state index contributed by atoms with van der Waals surface area (Å²) in [4.78, 5) is 0. The maximum atomic E-state index is 2.54. The quantitative estimate of drug-likeness (QED) is 0.529. The monoisotopic (exact) mass is 178 g/mol. The SMILES string of the molecule is CC(C)C1CCC=C2CCCCC21. The standard InChI is InChI=1S/C13H22/c1-10(2)12-9-5-7-11-6-3-4-8-13(11)12/h7,10,12-13H,3-6,8-9H2,1-2H3. The highest BCUT2D eigenvalue weighted by Gasteiger charge is 2.30. The summed E-state index contributed by atoms with van der Waals surface area (Å²) in [6.45, 7) is 4.81. The van der Waals surface area contributed by atoms with Crippen LogP contribution in [0.1, 0.15) is 52.4 Å². The summed E-state index contributed by atoms with van der Waals surface area (Å²) < 4.78 is 0. The van der Waals surface area contributed by atoms with Gasteiger partial charge in [-0.05, 0) is 49.9 Å². The Morgan fingerprint density at radius 1 is 1.23 bits per heavy atom. The van der Waals surface area contributed by atoms with Crippen molar-refractivity contribution in [1.82, 2.24) is 0 Å². The van der Waals surface area contributed by atoms with Crippen LogP contribution in [0, 0.1) is 17.8 Å². The third-order valence-electron chi connectivity index (χ3n) is 3.99. The molecular weight excluding hydrogens is 156 g/mol. The van der Waals surface area contributed by atoms with E-state index >= 15 is 0 Å². The van der Waals surface area contributed by atoms with Crippen molar-refractivity contribution in [3.63, 3.8) is 0 Å². The van der Waals surface area contributed by atoms with Crippen LogP contribution in [0.3, 0.4) is 0 Å². The van der Waals surface area contributed by atoms with Crippen LogP contribution in [0.2, 0.25) is 0 Å². The molecule has 2 unspecified atom stereocenters. The molecule has 0 heteroatoms. The number of hydrogen-bond acceptors (Lipinski definition) is 0. The van der Waals surface area contributed by atoms with Gasteiger partial charge in [0.1, 0.15) is 0 Å². The van der Waals surface area contributed by atoms with Crippen LogP contribution >= 0.6 is 0 Å². The van der Waals surface area contributed by atoms with E-state index in [4.69, 9.17) is 0 Å². The highest BCUT2D eigenvalue weighted by Crippen LogP contribution is 2.43. The maximum absolute atomic E-state index is 2.54. The lowest BCUT2D eigenvalue weighted by Gasteiger charge is -2.38. The Kier molecular flexibility index (Phi) is 2.76. The first-order valence-corrected chi connectivity index (χ1v) is 5.98. The fraction of sp³-hybridized carbons (Fsp3) is 0.846. The summed E-state index contributed by atoms with van der Waals surface area (Å²) >= 11 is 0. The van der Waals surface area contributed by atoms with Gasteiger partial charge in [-0.1, -0.05) is 31.9 Å². The van der Waals surface area contributed by atoms with E-state index in [2.05, 4.69) is 19.9 Å². The lowest BCUT2D eigenvalue weighted by Crippen LogP contribution is -2.27. The van der Waals surface area contributed by atoms with E-state index < -0.39 is 0 Å². The molecule has 0 N–H and O–H groups in total. The van der Waals surface area contributed by atoms with Crippen molar-refractivity contribution in [3.05, 3.63) is 11.6 Å². The highest BCUT2D eigenvalue weighted by atomic mass is 14.4. The molecule has 2 aliphatic carbocycles. The minimum absolute atomic E-state index is 0.895. The lowest BCUT2D eigenvalue weighted by atomic mass is 9.67.